The van der Waals surface area contributed by atoms with Crippen LogP contribution >= 0.6 is 7.60 Å². The van der Waals surface area contributed by atoms with Gasteiger partial charge in [0, 0.05) is 18.5 Å². The van der Waals surface area contributed by atoms with Crippen LogP contribution < -0.4 is 11.1 Å². The number of imidazole rings is 1. The van der Waals surface area contributed by atoms with Gasteiger partial charge in [-0.3, -0.25) is 28.8 Å². The number of rotatable bonds is 4. The molecule has 0 aliphatic rings. The summed E-state index contributed by atoms with van der Waals surface area (Å²) < 4.78 is 13.6. The van der Waals surface area contributed by atoms with Gasteiger partial charge in [0.15, 0.2) is 0 Å². The van der Waals surface area contributed by atoms with Gasteiger partial charge in [0.2, 0.25) is 0 Å². The zero-order valence-corrected chi connectivity index (χ0v) is 14.0. The third-order valence-corrected chi connectivity index (χ3v) is 5.06. The van der Waals surface area contributed by atoms with Crippen molar-refractivity contribution < 1.29 is 19.3 Å². The second-order valence-corrected chi connectivity index (χ2v) is 7.36. The molecule has 0 radical (unpaired) electrons. The lowest BCUT2D eigenvalue weighted by Gasteiger charge is -2.19. The van der Waals surface area contributed by atoms with Gasteiger partial charge in [0.1, 0.15) is 11.5 Å². The van der Waals surface area contributed by atoms with E-state index in [1.165, 1.54) is 29.4 Å². The van der Waals surface area contributed by atoms with Crippen molar-refractivity contribution in [2.75, 3.05) is 0 Å². The van der Waals surface area contributed by atoms with E-state index >= 15 is 0 Å². The van der Waals surface area contributed by atoms with Crippen molar-refractivity contribution in [2.24, 2.45) is 0 Å². The van der Waals surface area contributed by atoms with Crippen LogP contribution in [0.5, 0.6) is 0 Å². The van der Waals surface area contributed by atoms with Gasteiger partial charge in [-0.25, -0.2) is 4.98 Å². The molecule has 0 spiro atoms. The number of aromatic nitrogens is 4. The zero-order valence-electron chi connectivity index (χ0n) is 13.1. The lowest BCUT2D eigenvalue weighted by molar-refractivity contribution is -0.384. The highest BCUT2D eigenvalue weighted by Gasteiger charge is 2.30. The number of fused-ring (bicyclic) bond motifs is 1. The zero-order chi connectivity index (χ0) is 19.2. The first-order valence-corrected chi connectivity index (χ1v) is 8.80. The first kappa shape index (κ1) is 17.7. The van der Waals surface area contributed by atoms with Crippen LogP contribution in [0.15, 0.2) is 40.4 Å². The Morgan fingerprint density at radius 3 is 2.58 bits per heavy atom. The summed E-state index contributed by atoms with van der Waals surface area (Å²) in [6, 6.07) is 2.22. The Balaban J connectivity index is 2.49. The van der Waals surface area contributed by atoms with Crippen molar-refractivity contribution >= 4 is 24.3 Å². The summed E-state index contributed by atoms with van der Waals surface area (Å²) in [7, 11) is -4.78. The highest BCUT2D eigenvalue weighted by atomic mass is 31.2. The van der Waals surface area contributed by atoms with Crippen molar-refractivity contribution in [3.63, 3.8) is 0 Å². The molecule has 0 saturated carbocycles. The quantitative estimate of drug-likeness (QED) is 0.253. The van der Waals surface area contributed by atoms with E-state index in [0.717, 1.165) is 13.0 Å². The Morgan fingerprint density at radius 2 is 2.04 bits per heavy atom. The molecule has 1 aromatic carbocycles. The van der Waals surface area contributed by atoms with Crippen LogP contribution in [0.1, 0.15) is 12.7 Å². The minimum atomic E-state index is -4.78. The van der Waals surface area contributed by atoms with Crippen molar-refractivity contribution in [2.45, 2.75) is 12.7 Å². The minimum Gasteiger partial charge on any atom is -0.323 e. The fourth-order valence-corrected chi connectivity index (χ4v) is 3.07. The summed E-state index contributed by atoms with van der Waals surface area (Å²) in [4.78, 5) is 59.6. The lowest BCUT2D eigenvalue weighted by Crippen LogP contribution is -2.37. The predicted molar refractivity (Wildman–Crippen MR) is 89.4 cm³/mol. The molecule has 3 N–H and O–H groups in total. The summed E-state index contributed by atoms with van der Waals surface area (Å²) >= 11 is 0. The molecule has 3 aromatic rings. The van der Waals surface area contributed by atoms with E-state index in [9.17, 15) is 34.1 Å². The van der Waals surface area contributed by atoms with Crippen LogP contribution in [-0.2, 0) is 4.57 Å². The van der Waals surface area contributed by atoms with Gasteiger partial charge < -0.3 is 19.3 Å². The van der Waals surface area contributed by atoms with E-state index in [4.69, 9.17) is 0 Å². The molecule has 13 heteroatoms. The standard InChI is InChI=1S/C13H12N5O7P/c1-7(26(23,24)25)17-9-5-10(16-3-2-14-6-16)11(18(21)22)4-8(9)15-12(19)13(17)20/h2-7H,1H3,(H,15,19)(H2,23,24,25). The summed E-state index contributed by atoms with van der Waals surface area (Å²) in [6.07, 6.45) is 4.09. The Hall–Kier alpha value is -3.08. The molecule has 1 unspecified atom stereocenters. The molecule has 136 valence electrons. The third kappa shape index (κ3) is 2.86. The van der Waals surface area contributed by atoms with Crippen LogP contribution in [0.2, 0.25) is 0 Å². The summed E-state index contributed by atoms with van der Waals surface area (Å²) in [5.74, 6) is -1.64. The second-order valence-electron chi connectivity index (χ2n) is 5.44. The molecule has 0 aliphatic heterocycles. The number of benzene rings is 1. The molecule has 26 heavy (non-hydrogen) atoms. The molecule has 0 fully saturated rings. The number of hydrogen-bond acceptors (Lipinski definition) is 6. The number of nitrogens with zero attached hydrogens (tertiary/aromatic N) is 4. The van der Waals surface area contributed by atoms with E-state index in [1.807, 2.05) is 0 Å². The Labute approximate surface area is 143 Å². The maximum Gasteiger partial charge on any atom is 0.347 e. The van der Waals surface area contributed by atoms with Gasteiger partial charge in [-0.05, 0) is 13.0 Å². The van der Waals surface area contributed by atoms with Gasteiger partial charge in [-0.2, -0.15) is 0 Å². The van der Waals surface area contributed by atoms with E-state index in [0.29, 0.717) is 4.57 Å². The predicted octanol–water partition coefficient (Wildman–Crippen LogP) is 0.480. The Morgan fingerprint density at radius 1 is 1.35 bits per heavy atom. The SMILES string of the molecule is CC(n1c(=O)c(=O)[nH]c2cc([N+](=O)[O-])c(-n3ccnc3)cc21)P(=O)(O)O. The number of H-pyrrole nitrogens is 1. The van der Waals surface area contributed by atoms with Crippen molar-refractivity contribution in [3.8, 4) is 5.69 Å². The number of nitrogens with one attached hydrogen (secondary N) is 1. The topological polar surface area (TPSA) is 173 Å². The number of nitro groups is 1. The molecule has 0 aliphatic carbocycles. The van der Waals surface area contributed by atoms with E-state index in [1.54, 1.807) is 0 Å². The average molecular weight is 381 g/mol. The van der Waals surface area contributed by atoms with Gasteiger partial charge in [-0.1, -0.05) is 0 Å². The smallest absolute Gasteiger partial charge is 0.323 e. The second kappa shape index (κ2) is 6.02. The van der Waals surface area contributed by atoms with Crippen LogP contribution in [0.3, 0.4) is 0 Å². The van der Waals surface area contributed by atoms with E-state index < -0.39 is 29.4 Å². The molecule has 0 amide bonds. The lowest BCUT2D eigenvalue weighted by atomic mass is 10.2. The van der Waals surface area contributed by atoms with Crippen LogP contribution in [0, 0.1) is 10.1 Å². The highest BCUT2D eigenvalue weighted by Crippen LogP contribution is 2.48. The van der Waals surface area contributed by atoms with Crippen LogP contribution in [0.4, 0.5) is 5.69 Å². The molecular formula is C13H12N5O7P. The summed E-state index contributed by atoms with van der Waals surface area (Å²) in [5, 5.41) is 11.4. The van der Waals surface area contributed by atoms with E-state index in [2.05, 4.69) is 9.97 Å². The fraction of sp³-hybridized carbons (Fsp3) is 0.154. The van der Waals surface area contributed by atoms with Gasteiger partial charge in [0.05, 0.1) is 22.3 Å². The number of hydrogen-bond donors (Lipinski definition) is 3. The van der Waals surface area contributed by atoms with Gasteiger partial charge in [-0.15, -0.1) is 0 Å². The molecule has 2 heterocycles. The number of aromatic amines is 1. The maximum atomic E-state index is 12.2. The largest absolute Gasteiger partial charge is 0.347 e. The van der Waals surface area contributed by atoms with E-state index in [-0.39, 0.29) is 22.4 Å². The summed E-state index contributed by atoms with van der Waals surface area (Å²) in [6.45, 7) is 1.08. The summed E-state index contributed by atoms with van der Waals surface area (Å²) in [5.41, 5.74) is -2.88. The minimum absolute atomic E-state index is 0.0121. The Kier molecular flexibility index (Phi) is 4.11. The molecule has 0 bridgehead atoms. The molecule has 1 atom stereocenters. The normalized spacial score (nSPS) is 13.0. The van der Waals surface area contributed by atoms with Gasteiger partial charge >= 0.3 is 18.7 Å². The third-order valence-electron chi connectivity index (χ3n) is 3.85. The highest BCUT2D eigenvalue weighted by molar-refractivity contribution is 7.51. The van der Waals surface area contributed by atoms with Crippen LogP contribution in [0.25, 0.3) is 16.7 Å². The molecule has 2 aromatic heterocycles. The molecule has 3 rings (SSSR count). The monoisotopic (exact) mass is 381 g/mol. The maximum absolute atomic E-state index is 12.2. The van der Waals surface area contributed by atoms with Crippen molar-refractivity contribution in [3.05, 3.63) is 61.7 Å². The first-order valence-electron chi connectivity index (χ1n) is 7.11. The first-order chi connectivity index (χ1) is 12.1. The van der Waals surface area contributed by atoms with Crippen LogP contribution in [-0.4, -0.2) is 33.8 Å². The number of nitro benzene ring substituents is 1. The average Bonchev–Trinajstić information content (AvgIpc) is 3.08. The molecular weight excluding hydrogens is 369 g/mol. The van der Waals surface area contributed by atoms with Crippen molar-refractivity contribution in [1.29, 1.82) is 0 Å². The fourth-order valence-electron chi connectivity index (χ4n) is 2.54. The molecule has 0 saturated heterocycles. The molecule has 12 nitrogen and oxygen atoms in total. The Bertz CT molecular complexity index is 1170. The van der Waals surface area contributed by atoms with Gasteiger partial charge in [0.25, 0.3) is 5.69 Å². The van der Waals surface area contributed by atoms with Crippen molar-refractivity contribution in [1.82, 2.24) is 19.1 Å².